The van der Waals surface area contributed by atoms with Gasteiger partial charge in [-0.2, -0.15) is 5.10 Å². The first-order valence-electron chi connectivity index (χ1n) is 10.8. The van der Waals surface area contributed by atoms with Crippen molar-refractivity contribution < 1.29 is 13.9 Å². The predicted molar refractivity (Wildman–Crippen MR) is 136 cm³/mol. The van der Waals surface area contributed by atoms with E-state index in [0.29, 0.717) is 16.3 Å². The van der Waals surface area contributed by atoms with E-state index < -0.39 is 5.82 Å². The number of anilines is 1. The molecule has 0 spiro atoms. The first-order chi connectivity index (χ1) is 16.5. The lowest BCUT2D eigenvalue weighted by molar-refractivity contribution is -0.118. The standard InChI is InChI=1S/C25H26ClFN4O2S/c1-3-31(4-2)19-12-11-18(15-29-30-24(32)17-34-25-10-5-6-13-28-25)23(14-19)33-16-20-21(26)8-7-9-22(20)27/h5-15H,3-4,16-17H2,1-2H3,(H,30,32). The van der Waals surface area contributed by atoms with Gasteiger partial charge in [0.2, 0.25) is 5.91 Å². The minimum absolute atomic E-state index is 0.0406. The van der Waals surface area contributed by atoms with E-state index in [4.69, 9.17) is 16.3 Å². The molecule has 0 saturated carbocycles. The molecule has 9 heteroatoms. The average molecular weight is 501 g/mol. The zero-order chi connectivity index (χ0) is 24.3. The largest absolute Gasteiger partial charge is 0.488 e. The summed E-state index contributed by atoms with van der Waals surface area (Å²) in [6.07, 6.45) is 3.18. The van der Waals surface area contributed by atoms with Crippen LogP contribution in [0.4, 0.5) is 10.1 Å². The molecule has 0 unspecified atom stereocenters. The molecule has 0 aliphatic carbocycles. The molecule has 0 aliphatic heterocycles. The number of hydrazone groups is 1. The molecule has 3 rings (SSSR count). The minimum Gasteiger partial charge on any atom is -0.488 e. The number of nitrogens with one attached hydrogen (secondary N) is 1. The molecule has 34 heavy (non-hydrogen) atoms. The molecule has 1 heterocycles. The lowest BCUT2D eigenvalue weighted by Gasteiger charge is -2.22. The van der Waals surface area contributed by atoms with E-state index in [1.54, 1.807) is 18.3 Å². The Morgan fingerprint density at radius 2 is 2.03 bits per heavy atom. The lowest BCUT2D eigenvalue weighted by Crippen LogP contribution is -2.22. The van der Waals surface area contributed by atoms with E-state index in [9.17, 15) is 9.18 Å². The third kappa shape index (κ3) is 7.20. The van der Waals surface area contributed by atoms with Crippen LogP contribution in [0.5, 0.6) is 5.75 Å². The van der Waals surface area contributed by atoms with E-state index in [0.717, 1.165) is 23.8 Å². The summed E-state index contributed by atoms with van der Waals surface area (Å²) >= 11 is 7.47. The number of aromatic nitrogens is 1. The van der Waals surface area contributed by atoms with Crippen LogP contribution in [0.25, 0.3) is 0 Å². The van der Waals surface area contributed by atoms with Crippen molar-refractivity contribution in [3.63, 3.8) is 0 Å². The Hall–Kier alpha value is -3.10. The number of amides is 1. The molecule has 0 radical (unpaired) electrons. The maximum Gasteiger partial charge on any atom is 0.250 e. The van der Waals surface area contributed by atoms with Gasteiger partial charge in [0.1, 0.15) is 18.2 Å². The third-order valence-corrected chi connectivity index (χ3v) is 6.24. The smallest absolute Gasteiger partial charge is 0.250 e. The van der Waals surface area contributed by atoms with Gasteiger partial charge in [0.05, 0.1) is 22.0 Å². The summed E-state index contributed by atoms with van der Waals surface area (Å²) in [5.41, 5.74) is 4.40. The summed E-state index contributed by atoms with van der Waals surface area (Å²) in [5, 5.41) is 5.13. The first-order valence-corrected chi connectivity index (χ1v) is 12.2. The Labute approximate surface area is 208 Å². The topological polar surface area (TPSA) is 66.8 Å². The highest BCUT2D eigenvalue weighted by Crippen LogP contribution is 2.27. The molecule has 1 aromatic heterocycles. The number of thioether (sulfide) groups is 1. The molecule has 2 aromatic carbocycles. The Morgan fingerprint density at radius 3 is 2.74 bits per heavy atom. The van der Waals surface area contributed by atoms with Gasteiger partial charge in [0, 0.05) is 42.2 Å². The number of nitrogens with zero attached hydrogens (tertiary/aromatic N) is 3. The molecule has 0 atom stereocenters. The summed E-state index contributed by atoms with van der Waals surface area (Å²) in [6, 6.07) is 15.7. The molecule has 3 aromatic rings. The van der Waals surface area contributed by atoms with Crippen molar-refractivity contribution in [1.29, 1.82) is 0 Å². The van der Waals surface area contributed by atoms with Crippen LogP contribution >= 0.6 is 23.4 Å². The molecule has 1 amide bonds. The number of carbonyl (C=O) groups excluding carboxylic acids is 1. The number of carbonyl (C=O) groups is 1. The predicted octanol–water partition coefficient (Wildman–Crippen LogP) is 5.54. The Morgan fingerprint density at radius 1 is 1.21 bits per heavy atom. The van der Waals surface area contributed by atoms with Crippen LogP contribution in [0.1, 0.15) is 25.0 Å². The van der Waals surface area contributed by atoms with Crippen LogP contribution in [0, 0.1) is 5.82 Å². The minimum atomic E-state index is -0.430. The van der Waals surface area contributed by atoms with Crippen LogP contribution in [-0.2, 0) is 11.4 Å². The highest BCUT2D eigenvalue weighted by Gasteiger charge is 2.12. The Balaban J connectivity index is 1.72. The summed E-state index contributed by atoms with van der Waals surface area (Å²) < 4.78 is 20.2. The highest BCUT2D eigenvalue weighted by molar-refractivity contribution is 7.99. The number of ether oxygens (including phenoxy) is 1. The quantitative estimate of drug-likeness (QED) is 0.213. The van der Waals surface area contributed by atoms with Crippen molar-refractivity contribution in [2.75, 3.05) is 23.7 Å². The van der Waals surface area contributed by atoms with E-state index in [2.05, 4.69) is 34.3 Å². The Kier molecular flexibility index (Phi) is 9.73. The van der Waals surface area contributed by atoms with Crippen LogP contribution in [0.15, 0.2) is 70.9 Å². The van der Waals surface area contributed by atoms with Gasteiger partial charge in [0.15, 0.2) is 0 Å². The van der Waals surface area contributed by atoms with Gasteiger partial charge < -0.3 is 9.64 Å². The van der Waals surface area contributed by atoms with Crippen LogP contribution in [0.3, 0.4) is 0 Å². The normalized spacial score (nSPS) is 10.9. The maximum absolute atomic E-state index is 14.2. The number of hydrogen-bond acceptors (Lipinski definition) is 6. The van der Waals surface area contributed by atoms with Crippen LogP contribution in [0.2, 0.25) is 5.02 Å². The number of rotatable bonds is 11. The second-order valence-corrected chi connectivity index (χ2v) is 8.54. The van der Waals surface area contributed by atoms with Gasteiger partial charge in [-0.15, -0.1) is 0 Å². The Bertz CT molecular complexity index is 1110. The van der Waals surface area contributed by atoms with Gasteiger partial charge in [-0.25, -0.2) is 14.8 Å². The molecule has 6 nitrogen and oxygen atoms in total. The zero-order valence-electron chi connectivity index (χ0n) is 19.0. The van der Waals surface area contributed by atoms with Crippen molar-refractivity contribution >= 4 is 41.2 Å². The molecule has 0 aliphatic rings. The SMILES string of the molecule is CCN(CC)c1ccc(C=NNC(=O)CSc2ccccn2)c(OCc2c(F)cccc2Cl)c1. The van der Waals surface area contributed by atoms with Gasteiger partial charge >= 0.3 is 0 Å². The summed E-state index contributed by atoms with van der Waals surface area (Å²) in [5.74, 6) is 0.00170. The van der Waals surface area contributed by atoms with Crippen molar-refractivity contribution in [1.82, 2.24) is 10.4 Å². The van der Waals surface area contributed by atoms with E-state index in [-0.39, 0.29) is 23.8 Å². The summed E-state index contributed by atoms with van der Waals surface area (Å²) in [7, 11) is 0. The third-order valence-electron chi connectivity index (χ3n) is 4.94. The maximum atomic E-state index is 14.2. The molecule has 1 N–H and O–H groups in total. The van der Waals surface area contributed by atoms with Crippen molar-refractivity contribution in [3.8, 4) is 5.75 Å². The lowest BCUT2D eigenvalue weighted by atomic mass is 10.1. The van der Waals surface area contributed by atoms with E-state index in [1.807, 2.05) is 36.4 Å². The zero-order valence-corrected chi connectivity index (χ0v) is 20.6. The van der Waals surface area contributed by atoms with Crippen molar-refractivity contribution in [3.05, 3.63) is 82.8 Å². The first kappa shape index (κ1) is 25.5. The molecule has 0 bridgehead atoms. The molecule has 0 saturated heterocycles. The fraction of sp³-hybridized carbons (Fsp3) is 0.240. The highest BCUT2D eigenvalue weighted by atomic mass is 35.5. The summed E-state index contributed by atoms with van der Waals surface area (Å²) in [4.78, 5) is 18.5. The van der Waals surface area contributed by atoms with Crippen LogP contribution in [-0.4, -0.2) is 35.9 Å². The van der Waals surface area contributed by atoms with Crippen LogP contribution < -0.4 is 15.1 Å². The van der Waals surface area contributed by atoms with Gasteiger partial charge in [-0.05, 0) is 50.2 Å². The van der Waals surface area contributed by atoms with Gasteiger partial charge in [-0.1, -0.05) is 35.5 Å². The van der Waals surface area contributed by atoms with Gasteiger partial charge in [0.25, 0.3) is 0 Å². The van der Waals surface area contributed by atoms with E-state index >= 15 is 0 Å². The number of halogens is 2. The summed E-state index contributed by atoms with van der Waals surface area (Å²) in [6.45, 7) is 5.74. The molecular weight excluding hydrogens is 475 g/mol. The van der Waals surface area contributed by atoms with E-state index in [1.165, 1.54) is 24.0 Å². The average Bonchev–Trinajstić information content (AvgIpc) is 2.85. The molecule has 0 fully saturated rings. The molecule has 178 valence electrons. The number of hydrogen-bond donors (Lipinski definition) is 1. The number of pyridine rings is 1. The fourth-order valence-corrected chi connectivity index (χ4v) is 4.01. The second kappa shape index (κ2) is 13.0. The fourth-order valence-electron chi connectivity index (χ4n) is 3.14. The van der Waals surface area contributed by atoms with Crippen molar-refractivity contribution in [2.45, 2.75) is 25.5 Å². The second-order valence-electron chi connectivity index (χ2n) is 7.13. The monoisotopic (exact) mass is 500 g/mol. The molecular formula is C25H26ClFN4O2S. The van der Waals surface area contributed by atoms with Gasteiger partial charge in [-0.3, -0.25) is 4.79 Å². The number of benzene rings is 2. The van der Waals surface area contributed by atoms with Crippen molar-refractivity contribution in [2.24, 2.45) is 5.10 Å².